The minimum Gasteiger partial charge on any atom is -0.478 e. The molecule has 1 N–H and O–H groups in total. The number of halogens is 1. The third-order valence-corrected chi connectivity index (χ3v) is 3.89. The highest BCUT2D eigenvalue weighted by atomic mass is 79.9. The summed E-state index contributed by atoms with van der Waals surface area (Å²) < 4.78 is 0.924. The minimum absolute atomic E-state index is 0.388. The molecular weight excluding hydrogens is 294 g/mol. The first-order chi connectivity index (χ1) is 8.47. The van der Waals surface area contributed by atoms with E-state index >= 15 is 0 Å². The molecule has 1 heterocycles. The molecule has 0 saturated carbocycles. The van der Waals surface area contributed by atoms with Gasteiger partial charge < -0.3 is 10.0 Å². The molecule has 1 aromatic rings. The smallest absolute Gasteiger partial charge is 0.337 e. The van der Waals surface area contributed by atoms with Crippen LogP contribution in [0.4, 0.5) is 5.69 Å². The lowest BCUT2D eigenvalue weighted by atomic mass is 9.91. The number of hydrogen-bond acceptors (Lipinski definition) is 2. The normalized spacial score (nSPS) is 24.1. The Labute approximate surface area is 116 Å². The maximum atomic E-state index is 11.3. The van der Waals surface area contributed by atoms with Crippen molar-refractivity contribution >= 4 is 27.6 Å². The van der Waals surface area contributed by atoms with E-state index in [9.17, 15) is 9.90 Å². The second-order valence-electron chi connectivity index (χ2n) is 5.32. The van der Waals surface area contributed by atoms with E-state index in [1.807, 2.05) is 6.07 Å². The van der Waals surface area contributed by atoms with Crippen LogP contribution in [-0.4, -0.2) is 24.2 Å². The molecule has 0 aliphatic carbocycles. The van der Waals surface area contributed by atoms with Crippen LogP contribution in [0.1, 0.15) is 30.6 Å². The van der Waals surface area contributed by atoms with Crippen molar-refractivity contribution in [2.75, 3.05) is 18.0 Å². The fourth-order valence-corrected chi connectivity index (χ4v) is 3.16. The molecule has 0 amide bonds. The molecule has 0 bridgehead atoms. The highest BCUT2D eigenvalue weighted by Gasteiger charge is 2.25. The van der Waals surface area contributed by atoms with Crippen molar-refractivity contribution in [1.29, 1.82) is 0 Å². The summed E-state index contributed by atoms with van der Waals surface area (Å²) in [5.41, 5.74) is 1.22. The number of aromatic carboxylic acids is 1. The molecule has 1 aliphatic rings. The van der Waals surface area contributed by atoms with Gasteiger partial charge in [0.2, 0.25) is 0 Å². The summed E-state index contributed by atoms with van der Waals surface area (Å²) >= 11 is 3.42. The Morgan fingerprint density at radius 3 is 2.50 bits per heavy atom. The fraction of sp³-hybridized carbons (Fsp3) is 0.500. The van der Waals surface area contributed by atoms with Crippen molar-refractivity contribution in [3.63, 3.8) is 0 Å². The van der Waals surface area contributed by atoms with Gasteiger partial charge in [-0.15, -0.1) is 0 Å². The van der Waals surface area contributed by atoms with Gasteiger partial charge in [0.1, 0.15) is 0 Å². The monoisotopic (exact) mass is 311 g/mol. The first-order valence-corrected chi connectivity index (χ1v) is 7.04. The highest BCUT2D eigenvalue weighted by Crippen LogP contribution is 2.31. The van der Waals surface area contributed by atoms with Gasteiger partial charge in [0.25, 0.3) is 0 Å². The molecular formula is C14H18BrNO2. The average molecular weight is 312 g/mol. The van der Waals surface area contributed by atoms with Crippen molar-refractivity contribution in [3.8, 4) is 0 Å². The van der Waals surface area contributed by atoms with Crippen molar-refractivity contribution in [2.24, 2.45) is 11.8 Å². The molecule has 1 fully saturated rings. The molecule has 2 rings (SSSR count). The number of carboxylic acids is 1. The van der Waals surface area contributed by atoms with Gasteiger partial charge in [-0.1, -0.05) is 29.8 Å². The van der Waals surface area contributed by atoms with Gasteiger partial charge in [-0.3, -0.25) is 0 Å². The van der Waals surface area contributed by atoms with E-state index in [1.54, 1.807) is 12.1 Å². The third-order valence-electron chi connectivity index (χ3n) is 3.40. The summed E-state index contributed by atoms with van der Waals surface area (Å²) in [6.07, 6.45) is 1.22. The van der Waals surface area contributed by atoms with E-state index in [-0.39, 0.29) is 0 Å². The summed E-state index contributed by atoms with van der Waals surface area (Å²) in [5, 5.41) is 9.28. The molecule has 98 valence electrons. The highest BCUT2D eigenvalue weighted by molar-refractivity contribution is 9.10. The summed E-state index contributed by atoms with van der Waals surface area (Å²) in [4.78, 5) is 13.5. The molecule has 2 unspecified atom stereocenters. The molecule has 2 atom stereocenters. The first kappa shape index (κ1) is 13.4. The van der Waals surface area contributed by atoms with E-state index in [1.165, 1.54) is 6.42 Å². The number of piperidine rings is 1. The average Bonchev–Trinajstić information content (AvgIpc) is 2.27. The Kier molecular flexibility index (Phi) is 3.95. The van der Waals surface area contributed by atoms with Gasteiger partial charge in [0, 0.05) is 17.6 Å². The lowest BCUT2D eigenvalue weighted by molar-refractivity contribution is 0.0697. The minimum atomic E-state index is -0.858. The Balaban J connectivity index is 2.36. The van der Waals surface area contributed by atoms with Crippen LogP contribution in [0, 0.1) is 11.8 Å². The predicted molar refractivity (Wildman–Crippen MR) is 76.3 cm³/mol. The number of rotatable bonds is 2. The number of benzene rings is 1. The topological polar surface area (TPSA) is 40.5 Å². The maximum Gasteiger partial charge on any atom is 0.337 e. The van der Waals surface area contributed by atoms with E-state index in [2.05, 4.69) is 34.7 Å². The van der Waals surface area contributed by atoms with Crippen LogP contribution in [0.2, 0.25) is 0 Å². The maximum absolute atomic E-state index is 11.3. The van der Waals surface area contributed by atoms with Gasteiger partial charge in [0.05, 0.1) is 11.3 Å². The fourth-order valence-electron chi connectivity index (χ4n) is 2.81. The standard InChI is InChI=1S/C14H18BrNO2/c1-9-5-10(2)8-16(7-9)13-6-11(15)3-4-12(13)14(17)18/h3-4,6,9-10H,5,7-8H2,1-2H3,(H,17,18). The number of nitrogens with zero attached hydrogens (tertiary/aromatic N) is 1. The summed E-state index contributed by atoms with van der Waals surface area (Å²) in [5.74, 6) is 0.354. The van der Waals surface area contributed by atoms with Crippen LogP contribution in [0.3, 0.4) is 0 Å². The molecule has 1 saturated heterocycles. The van der Waals surface area contributed by atoms with Crippen molar-refractivity contribution in [3.05, 3.63) is 28.2 Å². The molecule has 18 heavy (non-hydrogen) atoms. The van der Waals surface area contributed by atoms with Gasteiger partial charge in [-0.2, -0.15) is 0 Å². The van der Waals surface area contributed by atoms with Crippen LogP contribution in [-0.2, 0) is 0 Å². The third kappa shape index (κ3) is 2.86. The number of hydrogen-bond donors (Lipinski definition) is 1. The zero-order valence-corrected chi connectivity index (χ0v) is 12.3. The van der Waals surface area contributed by atoms with Crippen LogP contribution in [0.25, 0.3) is 0 Å². The Hall–Kier alpha value is -1.03. The second-order valence-corrected chi connectivity index (χ2v) is 6.23. The summed E-state index contributed by atoms with van der Waals surface area (Å²) in [7, 11) is 0. The molecule has 0 aromatic heterocycles. The molecule has 1 aromatic carbocycles. The first-order valence-electron chi connectivity index (χ1n) is 6.25. The second kappa shape index (κ2) is 5.31. The van der Waals surface area contributed by atoms with Crippen LogP contribution < -0.4 is 4.90 Å². The van der Waals surface area contributed by atoms with Crippen molar-refractivity contribution in [2.45, 2.75) is 20.3 Å². The Morgan fingerprint density at radius 1 is 1.33 bits per heavy atom. The molecule has 1 aliphatic heterocycles. The lowest BCUT2D eigenvalue weighted by Crippen LogP contribution is -2.39. The Morgan fingerprint density at radius 2 is 1.94 bits per heavy atom. The Bertz CT molecular complexity index is 451. The van der Waals surface area contributed by atoms with Gasteiger partial charge in [0.15, 0.2) is 0 Å². The lowest BCUT2D eigenvalue weighted by Gasteiger charge is -2.37. The molecule has 4 heteroatoms. The molecule has 3 nitrogen and oxygen atoms in total. The van der Waals surface area contributed by atoms with Crippen LogP contribution in [0.15, 0.2) is 22.7 Å². The zero-order valence-electron chi connectivity index (χ0n) is 10.7. The van der Waals surface area contributed by atoms with E-state index < -0.39 is 5.97 Å². The zero-order chi connectivity index (χ0) is 13.3. The SMILES string of the molecule is CC1CC(C)CN(c2cc(Br)ccc2C(=O)O)C1. The summed E-state index contributed by atoms with van der Waals surface area (Å²) in [6, 6.07) is 5.36. The summed E-state index contributed by atoms with van der Waals surface area (Å²) in [6.45, 7) is 6.31. The van der Waals surface area contributed by atoms with E-state index in [0.29, 0.717) is 17.4 Å². The van der Waals surface area contributed by atoms with Gasteiger partial charge in [-0.05, 0) is 36.5 Å². The molecule has 0 spiro atoms. The molecule has 0 radical (unpaired) electrons. The van der Waals surface area contributed by atoms with Crippen molar-refractivity contribution in [1.82, 2.24) is 0 Å². The largest absolute Gasteiger partial charge is 0.478 e. The predicted octanol–water partition coefficient (Wildman–Crippen LogP) is 3.63. The van der Waals surface area contributed by atoms with E-state index in [4.69, 9.17) is 0 Å². The quantitative estimate of drug-likeness (QED) is 0.906. The van der Waals surface area contributed by atoms with Crippen molar-refractivity contribution < 1.29 is 9.90 Å². The van der Waals surface area contributed by atoms with Crippen LogP contribution in [0.5, 0.6) is 0 Å². The van der Waals surface area contributed by atoms with Crippen LogP contribution >= 0.6 is 15.9 Å². The van der Waals surface area contributed by atoms with Gasteiger partial charge >= 0.3 is 5.97 Å². The number of carboxylic acid groups (broad SMARTS) is 1. The number of anilines is 1. The van der Waals surface area contributed by atoms with Gasteiger partial charge in [-0.25, -0.2) is 4.79 Å². The number of carbonyl (C=O) groups is 1. The van der Waals surface area contributed by atoms with E-state index in [0.717, 1.165) is 23.2 Å².